The summed E-state index contributed by atoms with van der Waals surface area (Å²) in [7, 11) is 3.01. The Hall–Kier alpha value is -3.83. The normalized spacial score (nSPS) is 16.7. The van der Waals surface area contributed by atoms with Crippen molar-refractivity contribution in [2.45, 2.75) is 44.4 Å². The number of nitrogens with one attached hydrogen (secondary N) is 2. The molecule has 2 heterocycles. The molecular weight excluding hydrogens is 579 g/mol. The van der Waals surface area contributed by atoms with Crippen LogP contribution in [0.5, 0.6) is 5.88 Å². The maximum Gasteiger partial charge on any atom is 0.279 e. The molecule has 4 aromatic rings. The summed E-state index contributed by atoms with van der Waals surface area (Å²) < 4.78 is 6.65. The van der Waals surface area contributed by atoms with Crippen LogP contribution in [0.3, 0.4) is 0 Å². The van der Waals surface area contributed by atoms with Gasteiger partial charge in [0, 0.05) is 54.3 Å². The number of nitrogens with zero attached hydrogens (tertiary/aromatic N) is 4. The minimum atomic E-state index is -0.607. The number of amides is 1. The van der Waals surface area contributed by atoms with Crippen molar-refractivity contribution < 1.29 is 14.6 Å². The molecule has 3 N–H and O–H groups in total. The molecule has 42 heavy (non-hydrogen) atoms. The molecule has 2 aromatic heterocycles. The predicted molar refractivity (Wildman–Crippen MR) is 162 cm³/mol. The van der Waals surface area contributed by atoms with Crippen molar-refractivity contribution in [3.05, 3.63) is 86.4 Å². The molecule has 2 atom stereocenters. The van der Waals surface area contributed by atoms with Gasteiger partial charge in [0.05, 0.1) is 28.9 Å². The van der Waals surface area contributed by atoms with Gasteiger partial charge in [-0.05, 0) is 31.0 Å². The fourth-order valence-corrected chi connectivity index (χ4v) is 5.61. The summed E-state index contributed by atoms with van der Waals surface area (Å²) in [5.41, 5.74) is 2.24. The smallest absolute Gasteiger partial charge is 0.279 e. The van der Waals surface area contributed by atoms with Crippen LogP contribution in [0.4, 0.5) is 5.69 Å². The third-order valence-electron chi connectivity index (χ3n) is 7.33. The summed E-state index contributed by atoms with van der Waals surface area (Å²) >= 11 is 13.6. The van der Waals surface area contributed by atoms with Crippen molar-refractivity contribution in [1.29, 1.82) is 0 Å². The molecule has 12 heteroatoms. The number of anilines is 1. The third-order valence-corrected chi connectivity index (χ3v) is 8.14. The molecule has 0 spiro atoms. The summed E-state index contributed by atoms with van der Waals surface area (Å²) in [4.78, 5) is 34.4. The number of hydrogen-bond donors (Lipinski definition) is 3. The lowest BCUT2D eigenvalue weighted by molar-refractivity contribution is 0.0901. The molecule has 1 saturated carbocycles. The highest BCUT2D eigenvalue weighted by Gasteiger charge is 2.23. The molecule has 1 amide bonds. The van der Waals surface area contributed by atoms with E-state index in [1.165, 1.54) is 19.3 Å². The Labute approximate surface area is 252 Å². The molecule has 2 aromatic carbocycles. The van der Waals surface area contributed by atoms with E-state index in [0.717, 1.165) is 35.9 Å². The van der Waals surface area contributed by atoms with Gasteiger partial charge < -0.3 is 20.5 Å². The molecule has 10 nitrogen and oxygen atoms in total. The largest absolute Gasteiger partial charge is 0.481 e. The van der Waals surface area contributed by atoms with Crippen LogP contribution in [-0.2, 0) is 13.6 Å². The molecule has 2 unspecified atom stereocenters. The van der Waals surface area contributed by atoms with E-state index in [9.17, 15) is 14.7 Å². The number of ether oxygens (including phenoxy) is 1. The quantitative estimate of drug-likeness (QED) is 0.258. The summed E-state index contributed by atoms with van der Waals surface area (Å²) in [6.45, 7) is 0.457. The number of halogens is 2. The number of aliphatic hydroxyl groups is 1. The maximum atomic E-state index is 12.9. The average molecular weight is 610 g/mol. The Kier molecular flexibility index (Phi) is 9.18. The van der Waals surface area contributed by atoms with Crippen LogP contribution >= 0.6 is 23.2 Å². The molecule has 0 aliphatic heterocycles. The number of carbonyl (C=O) groups is 1. The van der Waals surface area contributed by atoms with E-state index >= 15 is 0 Å². The number of aromatic nitrogens is 4. The Morgan fingerprint density at radius 1 is 1.07 bits per heavy atom. The van der Waals surface area contributed by atoms with E-state index in [0.29, 0.717) is 45.6 Å². The number of aliphatic hydroxyl groups excluding tert-OH is 1. The van der Waals surface area contributed by atoms with Gasteiger partial charge in [-0.1, -0.05) is 60.3 Å². The van der Waals surface area contributed by atoms with E-state index in [1.54, 1.807) is 37.6 Å². The number of aryl methyl sites for hydroxylation is 1. The highest BCUT2D eigenvalue weighted by atomic mass is 35.5. The minimum Gasteiger partial charge on any atom is -0.481 e. The first-order chi connectivity index (χ1) is 20.3. The van der Waals surface area contributed by atoms with Crippen molar-refractivity contribution in [3.63, 3.8) is 0 Å². The van der Waals surface area contributed by atoms with Gasteiger partial charge in [-0.3, -0.25) is 9.59 Å². The number of methoxy groups -OCH3 is 1. The van der Waals surface area contributed by atoms with E-state index in [4.69, 9.17) is 27.9 Å². The Morgan fingerprint density at radius 3 is 2.55 bits per heavy atom. The van der Waals surface area contributed by atoms with Crippen LogP contribution in [0.25, 0.3) is 22.5 Å². The number of rotatable bonds is 8. The fourth-order valence-electron chi connectivity index (χ4n) is 5.03. The van der Waals surface area contributed by atoms with Crippen molar-refractivity contribution in [2.75, 3.05) is 12.4 Å². The molecule has 218 valence electrons. The predicted octanol–water partition coefficient (Wildman–Crippen LogP) is 4.87. The van der Waals surface area contributed by atoms with E-state index < -0.39 is 11.5 Å². The second-order valence-electron chi connectivity index (χ2n) is 10.0. The van der Waals surface area contributed by atoms with Gasteiger partial charge in [0.15, 0.2) is 5.82 Å². The van der Waals surface area contributed by atoms with Gasteiger partial charge in [-0.2, -0.15) is 10.1 Å². The molecule has 1 aliphatic carbocycles. The van der Waals surface area contributed by atoms with Crippen LogP contribution in [0.15, 0.2) is 59.7 Å². The number of carbonyl (C=O) groups excluding carboxylic acids is 1. The molecule has 0 radical (unpaired) electrons. The zero-order valence-corrected chi connectivity index (χ0v) is 24.6. The highest BCUT2D eigenvalue weighted by molar-refractivity contribution is 6.39. The Morgan fingerprint density at radius 2 is 1.79 bits per heavy atom. The van der Waals surface area contributed by atoms with Gasteiger partial charge in [0.1, 0.15) is 5.56 Å². The second-order valence-corrected chi connectivity index (χ2v) is 10.8. The molecule has 5 rings (SSSR count). The SMILES string of the molecule is COc1nc(-c2cccc(-c3cccc(NC(=O)c4ccnn(C)c4=O)c3Cl)c2Cl)ncc1CNC1CCCCC1O. The molecule has 1 fully saturated rings. The van der Waals surface area contributed by atoms with Crippen molar-refractivity contribution >= 4 is 34.8 Å². The first-order valence-corrected chi connectivity index (χ1v) is 14.3. The average Bonchev–Trinajstić information content (AvgIpc) is 2.99. The van der Waals surface area contributed by atoms with Gasteiger partial charge >= 0.3 is 0 Å². The Balaban J connectivity index is 1.41. The van der Waals surface area contributed by atoms with Crippen LogP contribution in [-0.4, -0.2) is 50.0 Å². The molecular formula is C30H30Cl2N6O4. The maximum absolute atomic E-state index is 12.9. The zero-order chi connectivity index (χ0) is 29.8. The van der Waals surface area contributed by atoms with Gasteiger partial charge in [-0.15, -0.1) is 0 Å². The summed E-state index contributed by atoms with van der Waals surface area (Å²) in [5, 5.41) is 20.9. The lowest BCUT2D eigenvalue weighted by Gasteiger charge is -2.28. The zero-order valence-electron chi connectivity index (χ0n) is 23.1. The van der Waals surface area contributed by atoms with Crippen molar-refractivity contribution in [1.82, 2.24) is 25.1 Å². The standard InChI is InChI=1S/C30H30Cl2N6O4/c1-38-30(41)21(13-14-35-38)28(40)36-23-11-6-8-19(26(23)32)18-7-5-9-20(25(18)31)27-34-16-17(29(37-27)42-2)15-33-22-10-3-4-12-24(22)39/h5-9,11,13-14,16,22,24,33,39H,3-4,10,12,15H2,1-2H3,(H,36,40). The van der Waals surface area contributed by atoms with Crippen LogP contribution in [0.2, 0.25) is 10.0 Å². The third kappa shape index (κ3) is 6.17. The van der Waals surface area contributed by atoms with Gasteiger partial charge in [0.2, 0.25) is 5.88 Å². The molecule has 0 bridgehead atoms. The second kappa shape index (κ2) is 13.0. The summed E-state index contributed by atoms with van der Waals surface area (Å²) in [5.74, 6) is 0.170. The first-order valence-electron chi connectivity index (χ1n) is 13.5. The van der Waals surface area contributed by atoms with E-state index in [-0.39, 0.29) is 22.7 Å². The van der Waals surface area contributed by atoms with Crippen molar-refractivity contribution in [3.8, 4) is 28.4 Å². The first kappa shape index (κ1) is 29.7. The number of hydrogen-bond acceptors (Lipinski definition) is 8. The van der Waals surface area contributed by atoms with Crippen LogP contribution < -0.4 is 20.9 Å². The molecule has 0 saturated heterocycles. The lowest BCUT2D eigenvalue weighted by atomic mass is 9.92. The minimum absolute atomic E-state index is 0.0228. The van der Waals surface area contributed by atoms with Crippen molar-refractivity contribution in [2.24, 2.45) is 7.05 Å². The van der Waals surface area contributed by atoms with Gasteiger partial charge in [-0.25, -0.2) is 9.67 Å². The summed E-state index contributed by atoms with van der Waals surface area (Å²) in [6.07, 6.45) is 6.54. The van der Waals surface area contributed by atoms with E-state index in [1.807, 2.05) is 12.1 Å². The lowest BCUT2D eigenvalue weighted by Crippen LogP contribution is -2.41. The fraction of sp³-hybridized carbons (Fsp3) is 0.300. The van der Waals surface area contributed by atoms with Crippen LogP contribution in [0.1, 0.15) is 41.6 Å². The monoisotopic (exact) mass is 608 g/mol. The summed E-state index contributed by atoms with van der Waals surface area (Å²) in [6, 6.07) is 12.0. The molecule has 1 aliphatic rings. The van der Waals surface area contributed by atoms with Crippen LogP contribution in [0, 0.1) is 0 Å². The van der Waals surface area contributed by atoms with Gasteiger partial charge in [0.25, 0.3) is 11.5 Å². The number of benzene rings is 2. The topological polar surface area (TPSA) is 131 Å². The highest BCUT2D eigenvalue weighted by Crippen LogP contribution is 2.41. The van der Waals surface area contributed by atoms with E-state index in [2.05, 4.69) is 25.7 Å². The Bertz CT molecular complexity index is 1680.